The van der Waals surface area contributed by atoms with Gasteiger partial charge >= 0.3 is 0 Å². The summed E-state index contributed by atoms with van der Waals surface area (Å²) in [5.74, 6) is -0.0630. The van der Waals surface area contributed by atoms with Crippen molar-refractivity contribution in [3.05, 3.63) is 54.4 Å². The van der Waals surface area contributed by atoms with Crippen LogP contribution in [-0.2, 0) is 0 Å². The van der Waals surface area contributed by atoms with Crippen LogP contribution in [0.15, 0.2) is 48.8 Å². The van der Waals surface area contributed by atoms with E-state index < -0.39 is 0 Å². The summed E-state index contributed by atoms with van der Waals surface area (Å²) in [6.07, 6.45) is 6.67. The number of aromatic nitrogens is 1. The molecule has 1 aromatic carbocycles. The molecule has 4 heteroatoms. The number of rotatable bonds is 7. The summed E-state index contributed by atoms with van der Waals surface area (Å²) in [4.78, 5) is 18.4. The molecule has 1 heterocycles. The van der Waals surface area contributed by atoms with E-state index in [2.05, 4.69) is 17.2 Å². The third-order valence-electron chi connectivity index (χ3n) is 3.58. The zero-order valence-corrected chi connectivity index (χ0v) is 13.2. The SMILES string of the molecule is CCCCCNC(=O)c1cncc(N(C)c2ccccc2)c1. The Morgan fingerprint density at radius 1 is 1.14 bits per heavy atom. The monoisotopic (exact) mass is 297 g/mol. The average Bonchev–Trinajstić information content (AvgIpc) is 2.59. The number of benzene rings is 1. The summed E-state index contributed by atoms with van der Waals surface area (Å²) >= 11 is 0. The van der Waals surface area contributed by atoms with Gasteiger partial charge in [0.05, 0.1) is 17.4 Å². The van der Waals surface area contributed by atoms with E-state index in [1.807, 2.05) is 48.3 Å². The van der Waals surface area contributed by atoms with Gasteiger partial charge in [-0.2, -0.15) is 0 Å². The van der Waals surface area contributed by atoms with Gasteiger partial charge in [-0.25, -0.2) is 0 Å². The summed E-state index contributed by atoms with van der Waals surface area (Å²) < 4.78 is 0. The molecule has 0 spiro atoms. The molecule has 0 fully saturated rings. The van der Waals surface area contributed by atoms with Crippen LogP contribution >= 0.6 is 0 Å². The van der Waals surface area contributed by atoms with E-state index in [4.69, 9.17) is 0 Å². The number of unbranched alkanes of at least 4 members (excludes halogenated alkanes) is 2. The van der Waals surface area contributed by atoms with E-state index in [0.717, 1.165) is 30.6 Å². The van der Waals surface area contributed by atoms with Gasteiger partial charge in [0, 0.05) is 25.5 Å². The molecule has 22 heavy (non-hydrogen) atoms. The van der Waals surface area contributed by atoms with Crippen molar-refractivity contribution in [1.82, 2.24) is 10.3 Å². The van der Waals surface area contributed by atoms with Crippen molar-refractivity contribution >= 4 is 17.3 Å². The first-order valence-electron chi connectivity index (χ1n) is 7.74. The Hall–Kier alpha value is -2.36. The van der Waals surface area contributed by atoms with Gasteiger partial charge in [-0.05, 0) is 24.6 Å². The maximum absolute atomic E-state index is 12.1. The molecular formula is C18H23N3O. The fraction of sp³-hybridized carbons (Fsp3) is 0.333. The zero-order valence-electron chi connectivity index (χ0n) is 13.2. The molecule has 0 unspecified atom stereocenters. The summed E-state index contributed by atoms with van der Waals surface area (Å²) in [5.41, 5.74) is 2.55. The highest BCUT2D eigenvalue weighted by molar-refractivity contribution is 5.94. The van der Waals surface area contributed by atoms with E-state index in [1.165, 1.54) is 0 Å². The molecular weight excluding hydrogens is 274 g/mol. The van der Waals surface area contributed by atoms with Gasteiger partial charge in [-0.1, -0.05) is 38.0 Å². The molecule has 0 aliphatic rings. The van der Waals surface area contributed by atoms with E-state index in [-0.39, 0.29) is 5.91 Å². The van der Waals surface area contributed by atoms with Crippen LogP contribution < -0.4 is 10.2 Å². The van der Waals surface area contributed by atoms with Gasteiger partial charge in [0.1, 0.15) is 0 Å². The van der Waals surface area contributed by atoms with Gasteiger partial charge in [0.15, 0.2) is 0 Å². The molecule has 2 rings (SSSR count). The van der Waals surface area contributed by atoms with Crippen LogP contribution in [0.1, 0.15) is 36.5 Å². The Morgan fingerprint density at radius 3 is 2.64 bits per heavy atom. The molecule has 0 aliphatic carbocycles. The molecule has 2 aromatic rings. The van der Waals surface area contributed by atoms with E-state index in [0.29, 0.717) is 12.1 Å². The topological polar surface area (TPSA) is 45.2 Å². The second-order valence-corrected chi connectivity index (χ2v) is 5.29. The van der Waals surface area contributed by atoms with Crippen molar-refractivity contribution in [2.45, 2.75) is 26.2 Å². The summed E-state index contributed by atoms with van der Waals surface area (Å²) in [6.45, 7) is 2.86. The second-order valence-electron chi connectivity index (χ2n) is 5.29. The summed E-state index contributed by atoms with van der Waals surface area (Å²) in [5, 5.41) is 2.94. The minimum absolute atomic E-state index is 0.0630. The molecule has 1 amide bonds. The quantitative estimate of drug-likeness (QED) is 0.791. The van der Waals surface area contributed by atoms with Crippen LogP contribution in [0.2, 0.25) is 0 Å². The molecule has 0 radical (unpaired) electrons. The minimum Gasteiger partial charge on any atom is -0.352 e. The number of nitrogens with one attached hydrogen (secondary N) is 1. The molecule has 0 bridgehead atoms. The lowest BCUT2D eigenvalue weighted by atomic mass is 10.2. The second kappa shape index (κ2) is 8.17. The van der Waals surface area contributed by atoms with Crippen molar-refractivity contribution in [1.29, 1.82) is 0 Å². The Morgan fingerprint density at radius 2 is 1.91 bits per heavy atom. The van der Waals surface area contributed by atoms with Gasteiger partial charge in [0.25, 0.3) is 5.91 Å². The summed E-state index contributed by atoms with van der Waals surface area (Å²) in [7, 11) is 1.97. The Kier molecular flexibility index (Phi) is 5.95. The molecule has 1 N–H and O–H groups in total. The van der Waals surface area contributed by atoms with E-state index in [9.17, 15) is 4.79 Å². The molecule has 0 saturated heterocycles. The average molecular weight is 297 g/mol. The summed E-state index contributed by atoms with van der Waals surface area (Å²) in [6, 6.07) is 11.9. The van der Waals surface area contributed by atoms with Crippen LogP contribution in [-0.4, -0.2) is 24.5 Å². The normalized spacial score (nSPS) is 10.3. The fourth-order valence-electron chi connectivity index (χ4n) is 2.22. The number of anilines is 2. The van der Waals surface area contributed by atoms with Crippen LogP contribution in [0.4, 0.5) is 11.4 Å². The molecule has 1 aromatic heterocycles. The number of para-hydroxylation sites is 1. The van der Waals surface area contributed by atoms with Gasteiger partial charge in [0.2, 0.25) is 0 Å². The number of carbonyl (C=O) groups is 1. The maximum Gasteiger partial charge on any atom is 0.252 e. The first-order valence-corrected chi connectivity index (χ1v) is 7.74. The highest BCUT2D eigenvalue weighted by Gasteiger charge is 2.09. The van der Waals surface area contributed by atoms with Crippen LogP contribution in [0.3, 0.4) is 0 Å². The lowest BCUT2D eigenvalue weighted by molar-refractivity contribution is 0.0952. The number of amides is 1. The van der Waals surface area contributed by atoms with Crippen molar-refractivity contribution in [2.24, 2.45) is 0 Å². The fourth-order valence-corrected chi connectivity index (χ4v) is 2.22. The van der Waals surface area contributed by atoms with Crippen LogP contribution in [0.5, 0.6) is 0 Å². The predicted molar refractivity (Wildman–Crippen MR) is 90.6 cm³/mol. The van der Waals surface area contributed by atoms with Crippen molar-refractivity contribution in [2.75, 3.05) is 18.5 Å². The molecule has 0 atom stereocenters. The predicted octanol–water partition coefficient (Wildman–Crippen LogP) is 3.77. The van der Waals surface area contributed by atoms with Crippen molar-refractivity contribution in [3.8, 4) is 0 Å². The molecule has 116 valence electrons. The maximum atomic E-state index is 12.1. The minimum atomic E-state index is -0.0630. The van der Waals surface area contributed by atoms with Gasteiger partial charge in [-0.15, -0.1) is 0 Å². The van der Waals surface area contributed by atoms with Crippen LogP contribution in [0.25, 0.3) is 0 Å². The molecule has 0 aliphatic heterocycles. The zero-order chi connectivity index (χ0) is 15.8. The Balaban J connectivity index is 2.05. The molecule has 4 nitrogen and oxygen atoms in total. The number of nitrogens with zero attached hydrogens (tertiary/aromatic N) is 2. The Labute approximate surface area is 132 Å². The third kappa shape index (κ3) is 4.32. The Bertz CT molecular complexity index is 598. The van der Waals surface area contributed by atoms with Crippen LogP contribution in [0, 0.1) is 0 Å². The lowest BCUT2D eigenvalue weighted by Crippen LogP contribution is -2.24. The van der Waals surface area contributed by atoms with E-state index >= 15 is 0 Å². The largest absolute Gasteiger partial charge is 0.352 e. The lowest BCUT2D eigenvalue weighted by Gasteiger charge is -2.19. The third-order valence-corrected chi connectivity index (χ3v) is 3.58. The number of pyridine rings is 1. The number of hydrogen-bond donors (Lipinski definition) is 1. The number of carbonyl (C=O) groups excluding carboxylic acids is 1. The smallest absolute Gasteiger partial charge is 0.252 e. The number of hydrogen-bond acceptors (Lipinski definition) is 3. The first-order chi connectivity index (χ1) is 10.7. The van der Waals surface area contributed by atoms with Gasteiger partial charge < -0.3 is 10.2 Å². The van der Waals surface area contributed by atoms with E-state index in [1.54, 1.807) is 12.4 Å². The first kappa shape index (κ1) is 16.0. The van der Waals surface area contributed by atoms with Crippen molar-refractivity contribution < 1.29 is 4.79 Å². The molecule has 0 saturated carbocycles. The highest BCUT2D eigenvalue weighted by atomic mass is 16.1. The van der Waals surface area contributed by atoms with Crippen molar-refractivity contribution in [3.63, 3.8) is 0 Å². The van der Waals surface area contributed by atoms with Gasteiger partial charge in [-0.3, -0.25) is 9.78 Å². The highest BCUT2D eigenvalue weighted by Crippen LogP contribution is 2.22. The standard InChI is InChI=1S/C18H23N3O/c1-3-4-8-11-20-18(22)15-12-17(14-19-13-15)21(2)16-9-6-5-7-10-16/h5-7,9-10,12-14H,3-4,8,11H2,1-2H3,(H,20,22).